The second-order valence-electron chi connectivity index (χ2n) is 8.35. The molecule has 0 radical (unpaired) electrons. The van der Waals surface area contributed by atoms with Gasteiger partial charge in [-0.2, -0.15) is 0 Å². The monoisotopic (exact) mass is 414 g/mol. The summed E-state index contributed by atoms with van der Waals surface area (Å²) >= 11 is 0. The number of benzene rings is 2. The second-order valence-corrected chi connectivity index (χ2v) is 8.35. The predicted molar refractivity (Wildman–Crippen MR) is 125 cm³/mol. The Labute approximate surface area is 184 Å². The number of hydrogen-bond donors (Lipinski definition) is 0. The first-order valence-corrected chi connectivity index (χ1v) is 11.1. The van der Waals surface area contributed by atoms with Crippen molar-refractivity contribution in [3.05, 3.63) is 78.0 Å². The van der Waals surface area contributed by atoms with E-state index >= 15 is 0 Å². The molecule has 5 heteroatoms. The number of hydrogen-bond acceptors (Lipinski definition) is 4. The molecule has 1 fully saturated rings. The lowest BCUT2D eigenvalue weighted by molar-refractivity contribution is 0.0785. The van der Waals surface area contributed by atoms with Crippen molar-refractivity contribution in [3.8, 4) is 11.4 Å². The normalized spacial score (nSPS) is 14.3. The van der Waals surface area contributed by atoms with Gasteiger partial charge in [-0.1, -0.05) is 79.9 Å². The molecule has 0 unspecified atom stereocenters. The first-order chi connectivity index (χ1) is 15.1. The molecular weight excluding hydrogens is 384 g/mol. The third-order valence-electron chi connectivity index (χ3n) is 6.10. The third-order valence-corrected chi connectivity index (χ3v) is 6.10. The van der Waals surface area contributed by atoms with Crippen molar-refractivity contribution in [2.75, 3.05) is 19.0 Å². The predicted octanol–water partition coefficient (Wildman–Crippen LogP) is 5.18. The lowest BCUT2D eigenvalue weighted by atomic mass is 9.94. The fourth-order valence-corrected chi connectivity index (χ4v) is 4.29. The molecule has 0 bridgehead atoms. The highest BCUT2D eigenvalue weighted by Crippen LogP contribution is 2.29. The van der Waals surface area contributed by atoms with Crippen LogP contribution >= 0.6 is 0 Å². The summed E-state index contributed by atoms with van der Waals surface area (Å²) in [5, 5.41) is 0. The average molecular weight is 415 g/mol. The molecule has 0 aliphatic heterocycles. The molecule has 1 saturated carbocycles. The van der Waals surface area contributed by atoms with E-state index in [0.29, 0.717) is 24.0 Å². The zero-order chi connectivity index (χ0) is 21.6. The Morgan fingerprint density at radius 3 is 2.26 bits per heavy atom. The molecule has 3 aromatic rings. The first-order valence-electron chi connectivity index (χ1n) is 11.1. The van der Waals surface area contributed by atoms with E-state index in [1.165, 1.54) is 19.3 Å². The molecule has 1 heterocycles. The third kappa shape index (κ3) is 4.93. The summed E-state index contributed by atoms with van der Waals surface area (Å²) < 4.78 is 0. The maximum atomic E-state index is 13.4. The highest BCUT2D eigenvalue weighted by molar-refractivity contribution is 5.98. The van der Waals surface area contributed by atoms with Gasteiger partial charge in [-0.05, 0) is 18.4 Å². The summed E-state index contributed by atoms with van der Waals surface area (Å²) in [5.74, 6) is 1.33. The van der Waals surface area contributed by atoms with Gasteiger partial charge in [0.25, 0.3) is 5.91 Å². The van der Waals surface area contributed by atoms with Gasteiger partial charge in [0.15, 0.2) is 5.82 Å². The largest absolute Gasteiger partial charge is 0.356 e. The van der Waals surface area contributed by atoms with Gasteiger partial charge >= 0.3 is 0 Å². The highest BCUT2D eigenvalue weighted by Gasteiger charge is 2.26. The minimum Gasteiger partial charge on any atom is -0.356 e. The van der Waals surface area contributed by atoms with E-state index in [4.69, 9.17) is 4.98 Å². The van der Waals surface area contributed by atoms with Crippen molar-refractivity contribution in [2.45, 2.75) is 44.7 Å². The number of nitrogens with zero attached hydrogens (tertiary/aromatic N) is 4. The topological polar surface area (TPSA) is 49.3 Å². The summed E-state index contributed by atoms with van der Waals surface area (Å²) in [6.45, 7) is 0.548. The van der Waals surface area contributed by atoms with Gasteiger partial charge in [0, 0.05) is 38.4 Å². The van der Waals surface area contributed by atoms with Crippen molar-refractivity contribution in [1.82, 2.24) is 14.9 Å². The quantitative estimate of drug-likeness (QED) is 0.557. The lowest BCUT2D eigenvalue weighted by Gasteiger charge is -2.33. The zero-order valence-corrected chi connectivity index (χ0v) is 18.4. The molecule has 1 aliphatic carbocycles. The van der Waals surface area contributed by atoms with Crippen molar-refractivity contribution in [2.24, 2.45) is 0 Å². The van der Waals surface area contributed by atoms with Crippen LogP contribution in [0.1, 0.15) is 48.0 Å². The number of amides is 1. The Balaban J connectivity index is 1.67. The van der Waals surface area contributed by atoms with Crippen LogP contribution in [-0.2, 0) is 6.54 Å². The Morgan fingerprint density at radius 2 is 1.58 bits per heavy atom. The smallest absolute Gasteiger partial charge is 0.259 e. The highest BCUT2D eigenvalue weighted by atomic mass is 16.2. The summed E-state index contributed by atoms with van der Waals surface area (Å²) in [6.07, 6.45) is 7.71. The summed E-state index contributed by atoms with van der Waals surface area (Å²) in [6, 6.07) is 20.4. The molecule has 0 spiro atoms. The first kappa shape index (κ1) is 21.0. The molecule has 0 N–H and O–H groups in total. The number of rotatable bonds is 6. The molecular formula is C26H30N4O. The van der Waals surface area contributed by atoms with Crippen LogP contribution in [0.5, 0.6) is 0 Å². The van der Waals surface area contributed by atoms with Gasteiger partial charge in [0.05, 0.1) is 0 Å². The van der Waals surface area contributed by atoms with E-state index in [2.05, 4.69) is 16.9 Å². The van der Waals surface area contributed by atoms with Crippen LogP contribution in [0, 0.1) is 0 Å². The Bertz CT molecular complexity index is 1000. The van der Waals surface area contributed by atoms with Gasteiger partial charge in [0.2, 0.25) is 0 Å². The maximum Gasteiger partial charge on any atom is 0.259 e. The fourth-order valence-electron chi connectivity index (χ4n) is 4.29. The SMILES string of the molecule is CN(Cc1ccccc1)C(=O)c1cnc(-c2ccccc2)nc1N(C)C1CCCCC1. The molecule has 1 amide bonds. The molecule has 4 rings (SSSR count). The summed E-state index contributed by atoms with van der Waals surface area (Å²) in [4.78, 5) is 26.8. The molecule has 5 nitrogen and oxygen atoms in total. The second kappa shape index (κ2) is 9.73. The van der Waals surface area contributed by atoms with E-state index in [-0.39, 0.29) is 5.91 Å². The molecule has 1 aliphatic rings. The van der Waals surface area contributed by atoms with E-state index in [9.17, 15) is 4.79 Å². The van der Waals surface area contributed by atoms with E-state index in [0.717, 1.165) is 29.8 Å². The number of carbonyl (C=O) groups is 1. The van der Waals surface area contributed by atoms with Crippen LogP contribution < -0.4 is 4.90 Å². The summed E-state index contributed by atoms with van der Waals surface area (Å²) in [7, 11) is 3.91. The number of carbonyl (C=O) groups excluding carboxylic acids is 1. The molecule has 31 heavy (non-hydrogen) atoms. The molecule has 0 atom stereocenters. The summed E-state index contributed by atoms with van der Waals surface area (Å²) in [5.41, 5.74) is 2.62. The molecule has 1 aromatic heterocycles. The average Bonchev–Trinajstić information content (AvgIpc) is 2.84. The van der Waals surface area contributed by atoms with Crippen molar-refractivity contribution < 1.29 is 4.79 Å². The van der Waals surface area contributed by atoms with Gasteiger partial charge in [-0.3, -0.25) is 4.79 Å². The Morgan fingerprint density at radius 1 is 0.935 bits per heavy atom. The van der Waals surface area contributed by atoms with Crippen LogP contribution in [-0.4, -0.2) is 40.9 Å². The molecule has 160 valence electrons. The van der Waals surface area contributed by atoms with Gasteiger partial charge < -0.3 is 9.80 Å². The van der Waals surface area contributed by atoms with Crippen LogP contribution in [0.3, 0.4) is 0 Å². The van der Waals surface area contributed by atoms with Crippen LogP contribution in [0.4, 0.5) is 5.82 Å². The van der Waals surface area contributed by atoms with Crippen molar-refractivity contribution in [1.29, 1.82) is 0 Å². The van der Waals surface area contributed by atoms with Crippen LogP contribution in [0.15, 0.2) is 66.9 Å². The van der Waals surface area contributed by atoms with Gasteiger partial charge in [-0.15, -0.1) is 0 Å². The van der Waals surface area contributed by atoms with Crippen molar-refractivity contribution in [3.63, 3.8) is 0 Å². The van der Waals surface area contributed by atoms with Crippen molar-refractivity contribution >= 4 is 11.7 Å². The number of aromatic nitrogens is 2. The maximum absolute atomic E-state index is 13.4. The number of anilines is 1. The fraction of sp³-hybridized carbons (Fsp3) is 0.346. The van der Waals surface area contributed by atoms with Gasteiger partial charge in [-0.25, -0.2) is 9.97 Å². The minimum absolute atomic E-state index is 0.0545. The van der Waals surface area contributed by atoms with E-state index < -0.39 is 0 Å². The molecule has 2 aromatic carbocycles. The van der Waals surface area contributed by atoms with Crippen LogP contribution in [0.25, 0.3) is 11.4 Å². The van der Waals surface area contributed by atoms with E-state index in [1.807, 2.05) is 67.7 Å². The lowest BCUT2D eigenvalue weighted by Crippen LogP contribution is -2.36. The molecule has 0 saturated heterocycles. The Hall–Kier alpha value is -3.21. The van der Waals surface area contributed by atoms with E-state index in [1.54, 1.807) is 11.1 Å². The minimum atomic E-state index is -0.0545. The standard InChI is InChI=1S/C26H30N4O/c1-29(19-20-12-6-3-7-13-20)26(31)23-18-27-24(21-14-8-4-9-15-21)28-25(23)30(2)22-16-10-5-11-17-22/h3-4,6-9,12-15,18,22H,5,10-11,16-17,19H2,1-2H3. The van der Waals surface area contributed by atoms with Crippen LogP contribution in [0.2, 0.25) is 0 Å². The zero-order valence-electron chi connectivity index (χ0n) is 18.4. The Kier molecular flexibility index (Phi) is 6.60. The van der Waals surface area contributed by atoms with Gasteiger partial charge in [0.1, 0.15) is 11.4 Å².